The van der Waals surface area contributed by atoms with Gasteiger partial charge in [-0.05, 0) is 61.7 Å². The number of nitrogens with zero attached hydrogens (tertiary/aromatic N) is 1. The van der Waals surface area contributed by atoms with Crippen molar-refractivity contribution in [1.29, 1.82) is 5.41 Å². The summed E-state index contributed by atoms with van der Waals surface area (Å²) in [5, 5.41) is 29.9. The van der Waals surface area contributed by atoms with Crippen molar-refractivity contribution in [1.82, 2.24) is 10.3 Å². The molecule has 4 rings (SSSR count). The second kappa shape index (κ2) is 14.8. The summed E-state index contributed by atoms with van der Waals surface area (Å²) in [7, 11) is 0. The highest BCUT2D eigenvalue weighted by atomic mass is 79.9. The number of aliphatic carboxylic acids is 1. The maximum Gasteiger partial charge on any atom is 0.335 e. The Morgan fingerprint density at radius 1 is 1.07 bits per heavy atom. The molecule has 224 valence electrons. The Bertz CT molecular complexity index is 1670. The molecule has 1 heterocycles. The maximum absolute atomic E-state index is 14.4. The third kappa shape index (κ3) is 8.80. The fourth-order valence-corrected chi connectivity index (χ4v) is 4.46. The lowest BCUT2D eigenvalue weighted by molar-refractivity contribution is -0.138. The zero-order valence-corrected chi connectivity index (χ0v) is 24.6. The van der Waals surface area contributed by atoms with E-state index >= 15 is 0 Å². The number of aromatic nitrogens is 1. The van der Waals surface area contributed by atoms with Crippen molar-refractivity contribution in [3.8, 4) is 11.3 Å². The molecule has 4 aromatic rings. The smallest absolute Gasteiger partial charge is 0.335 e. The van der Waals surface area contributed by atoms with Crippen LogP contribution in [0.4, 0.5) is 10.1 Å². The molecule has 3 aromatic carbocycles. The molecule has 1 atom stereocenters. The van der Waals surface area contributed by atoms with Gasteiger partial charge in [0.2, 0.25) is 0 Å². The number of amides is 1. The van der Waals surface area contributed by atoms with E-state index in [0.717, 1.165) is 16.1 Å². The first kappa shape index (κ1) is 32.6. The van der Waals surface area contributed by atoms with E-state index in [1.807, 2.05) is 42.5 Å². The fourth-order valence-electron chi connectivity index (χ4n) is 4.10. The molecule has 0 unspecified atom stereocenters. The molecule has 1 amide bonds. The second-order valence-corrected chi connectivity index (χ2v) is 10.3. The summed E-state index contributed by atoms with van der Waals surface area (Å²) in [6, 6.07) is 17.5. The summed E-state index contributed by atoms with van der Waals surface area (Å²) in [5.41, 5.74) is 13.1. The van der Waals surface area contributed by atoms with Crippen molar-refractivity contribution < 1.29 is 29.0 Å². The molecule has 0 saturated heterocycles. The zero-order chi connectivity index (χ0) is 31.7. The van der Waals surface area contributed by atoms with Crippen LogP contribution >= 0.6 is 15.9 Å². The number of carboxylic acids is 2. The Morgan fingerprint density at radius 3 is 2.37 bits per heavy atom. The number of nitrogens with two attached hydrogens (primary N) is 2. The van der Waals surface area contributed by atoms with Crippen molar-refractivity contribution in [3.05, 3.63) is 93.7 Å². The molecular weight excluding hydrogens is 623 g/mol. The average Bonchev–Trinajstić information content (AvgIpc) is 2.96. The molecule has 0 bridgehead atoms. The number of anilines is 1. The summed E-state index contributed by atoms with van der Waals surface area (Å²) in [4.78, 5) is 39.3. The lowest BCUT2D eigenvalue weighted by Gasteiger charge is -2.15. The van der Waals surface area contributed by atoms with Gasteiger partial charge in [-0.25, -0.2) is 14.2 Å². The number of hydrogen-bond donors (Lipinski definition) is 7. The molecule has 11 nitrogen and oxygen atoms in total. The summed E-state index contributed by atoms with van der Waals surface area (Å²) >= 11 is 3.43. The number of carbonyl (C=O) groups excluding carboxylic acids is 1. The van der Waals surface area contributed by atoms with E-state index < -0.39 is 29.7 Å². The summed E-state index contributed by atoms with van der Waals surface area (Å²) in [6.45, 7) is 2.28. The van der Waals surface area contributed by atoms with E-state index in [1.54, 1.807) is 13.0 Å². The number of carboxylic acid groups (broad SMARTS) is 2. The zero-order valence-electron chi connectivity index (χ0n) is 23.0. The number of aromatic carboxylic acids is 1. The number of guanidine groups is 1. The van der Waals surface area contributed by atoms with Crippen LogP contribution in [0.1, 0.15) is 39.1 Å². The molecule has 0 saturated carbocycles. The van der Waals surface area contributed by atoms with Gasteiger partial charge in [0.05, 0.1) is 28.0 Å². The molecule has 0 aliphatic heterocycles. The Labute approximate surface area is 254 Å². The minimum Gasteiger partial charge on any atom is -0.480 e. The molecule has 13 heteroatoms. The van der Waals surface area contributed by atoms with Gasteiger partial charge in [0.25, 0.3) is 5.91 Å². The minimum atomic E-state index is -1.25. The Balaban J connectivity index is 0.000000359. The van der Waals surface area contributed by atoms with Gasteiger partial charge >= 0.3 is 11.9 Å². The third-order valence-corrected chi connectivity index (χ3v) is 6.75. The van der Waals surface area contributed by atoms with Gasteiger partial charge in [-0.1, -0.05) is 46.3 Å². The van der Waals surface area contributed by atoms with Crippen molar-refractivity contribution in [3.63, 3.8) is 0 Å². The van der Waals surface area contributed by atoms with Crippen LogP contribution in [0.3, 0.4) is 0 Å². The van der Waals surface area contributed by atoms with Crippen LogP contribution < -0.4 is 22.1 Å². The van der Waals surface area contributed by atoms with Gasteiger partial charge < -0.3 is 32.3 Å². The van der Waals surface area contributed by atoms with Crippen LogP contribution in [0.15, 0.2) is 71.2 Å². The lowest BCUT2D eigenvalue weighted by atomic mass is 9.97. The van der Waals surface area contributed by atoms with Crippen LogP contribution in [0, 0.1) is 18.2 Å². The normalized spacial score (nSPS) is 11.2. The Morgan fingerprint density at radius 2 is 1.77 bits per heavy atom. The van der Waals surface area contributed by atoms with E-state index in [2.05, 4.69) is 26.6 Å². The molecule has 43 heavy (non-hydrogen) atoms. The summed E-state index contributed by atoms with van der Waals surface area (Å²) in [5.74, 6) is -3.70. The van der Waals surface area contributed by atoms with Gasteiger partial charge in [-0.15, -0.1) is 0 Å². The minimum absolute atomic E-state index is 0.101. The number of halogens is 2. The van der Waals surface area contributed by atoms with Crippen LogP contribution in [-0.2, 0) is 4.79 Å². The first-order valence-electron chi connectivity index (χ1n) is 12.9. The van der Waals surface area contributed by atoms with E-state index in [4.69, 9.17) is 32.1 Å². The van der Waals surface area contributed by atoms with Crippen molar-refractivity contribution in [2.45, 2.75) is 25.8 Å². The topological polar surface area (TPSA) is 205 Å². The number of nitrogens with one attached hydrogen (secondary N) is 3. The van der Waals surface area contributed by atoms with Gasteiger partial charge in [0.1, 0.15) is 11.9 Å². The highest BCUT2D eigenvalue weighted by Gasteiger charge is 2.21. The summed E-state index contributed by atoms with van der Waals surface area (Å²) < 4.78 is 15.2. The SMILES string of the molecule is Cc1c(-c2ccccc2)nc2ccc(Br)cc2c1C(=O)Nc1ccc(C(=O)O)cc1F.N=C(N)NCCC[C@H](N)C(=O)O. The monoisotopic (exact) mass is 652 g/mol. The first-order valence-corrected chi connectivity index (χ1v) is 13.7. The lowest BCUT2D eigenvalue weighted by Crippen LogP contribution is -2.34. The summed E-state index contributed by atoms with van der Waals surface area (Å²) in [6.07, 6.45) is 0.975. The molecule has 1 aromatic heterocycles. The largest absolute Gasteiger partial charge is 0.480 e. The molecule has 9 N–H and O–H groups in total. The van der Waals surface area contributed by atoms with Crippen LogP contribution in [0.2, 0.25) is 0 Å². The molecule has 0 fully saturated rings. The molecule has 0 spiro atoms. The van der Waals surface area contributed by atoms with Gasteiger partial charge in [-0.2, -0.15) is 0 Å². The predicted octanol–water partition coefficient (Wildman–Crippen LogP) is 4.72. The molecule has 0 aliphatic rings. The molecule has 0 aliphatic carbocycles. The number of fused-ring (bicyclic) bond motifs is 1. The fraction of sp³-hybridized carbons (Fsp3) is 0.167. The van der Waals surface area contributed by atoms with E-state index in [-0.39, 0.29) is 17.2 Å². The van der Waals surface area contributed by atoms with Crippen molar-refractivity contribution >= 4 is 56.3 Å². The number of hydrogen-bond acceptors (Lipinski definition) is 6. The quantitative estimate of drug-likeness (QED) is 0.0757. The molecule has 0 radical (unpaired) electrons. The Hall–Kier alpha value is -4.88. The standard InChI is InChI=1S/C24H16BrFN2O3.C6H14N4O2/c1-13-21(23(29)28-20-9-7-15(24(30)31)11-18(20)26)17-12-16(25)8-10-19(17)27-22(13)14-5-3-2-4-6-14;7-4(5(11)12)2-1-3-10-6(8)9/h2-12H,1H3,(H,28,29)(H,30,31);4H,1-3,7H2,(H,11,12)(H4,8,9,10)/t;4-/m.0/s1. The van der Waals surface area contributed by atoms with E-state index in [0.29, 0.717) is 47.1 Å². The first-order chi connectivity index (χ1) is 20.4. The van der Waals surface area contributed by atoms with Crippen LogP contribution in [0.5, 0.6) is 0 Å². The van der Waals surface area contributed by atoms with Crippen molar-refractivity contribution in [2.24, 2.45) is 11.5 Å². The average molecular weight is 654 g/mol. The number of pyridine rings is 1. The Kier molecular flexibility index (Phi) is 11.3. The van der Waals surface area contributed by atoms with Gasteiger partial charge in [0, 0.05) is 22.0 Å². The van der Waals surface area contributed by atoms with Crippen molar-refractivity contribution in [2.75, 3.05) is 11.9 Å². The maximum atomic E-state index is 14.4. The van der Waals surface area contributed by atoms with Crippen LogP contribution in [-0.4, -0.2) is 51.6 Å². The highest BCUT2D eigenvalue weighted by molar-refractivity contribution is 9.10. The number of carbonyl (C=O) groups is 3. The molecular formula is C30H30BrFN6O5. The number of benzene rings is 3. The predicted molar refractivity (Wildman–Crippen MR) is 166 cm³/mol. The second-order valence-electron chi connectivity index (χ2n) is 9.37. The van der Waals surface area contributed by atoms with E-state index in [1.165, 1.54) is 12.1 Å². The van der Waals surface area contributed by atoms with Gasteiger partial charge in [-0.3, -0.25) is 15.0 Å². The number of rotatable bonds is 9. The highest BCUT2D eigenvalue weighted by Crippen LogP contribution is 2.32. The van der Waals surface area contributed by atoms with Gasteiger partial charge in [0.15, 0.2) is 5.96 Å². The van der Waals surface area contributed by atoms with E-state index in [9.17, 15) is 18.8 Å². The van der Waals surface area contributed by atoms with Crippen LogP contribution in [0.25, 0.3) is 22.2 Å². The third-order valence-electron chi connectivity index (χ3n) is 6.25.